The molecule has 0 amide bonds. The monoisotopic (exact) mass is 277 g/mol. The normalized spacial score (nSPS) is 12.1. The zero-order valence-electron chi connectivity index (χ0n) is 8.89. The molecular formula is C12H12BrN3. The fourth-order valence-electron chi connectivity index (χ4n) is 1.45. The first kappa shape index (κ1) is 11.1. The van der Waals surface area contributed by atoms with Crippen LogP contribution in [0, 0.1) is 0 Å². The van der Waals surface area contributed by atoms with E-state index in [1.54, 1.807) is 18.6 Å². The molecule has 0 fully saturated rings. The van der Waals surface area contributed by atoms with E-state index in [1.807, 2.05) is 24.3 Å². The molecule has 1 atom stereocenters. The third-order valence-electron chi connectivity index (χ3n) is 2.22. The maximum atomic E-state index is 4.30. The van der Waals surface area contributed by atoms with E-state index in [2.05, 4.69) is 38.1 Å². The third-order valence-corrected chi connectivity index (χ3v) is 2.65. The van der Waals surface area contributed by atoms with Gasteiger partial charge < -0.3 is 5.32 Å². The Morgan fingerprint density at radius 3 is 2.88 bits per heavy atom. The molecule has 1 unspecified atom stereocenters. The summed E-state index contributed by atoms with van der Waals surface area (Å²) in [6.07, 6.45) is 5.35. The van der Waals surface area contributed by atoms with Crippen molar-refractivity contribution in [1.29, 1.82) is 0 Å². The zero-order valence-corrected chi connectivity index (χ0v) is 10.5. The number of hydrogen-bond donors (Lipinski definition) is 1. The number of anilines is 1. The molecule has 4 heteroatoms. The molecule has 2 heterocycles. The van der Waals surface area contributed by atoms with Crippen molar-refractivity contribution in [3.05, 3.63) is 53.0 Å². The second kappa shape index (κ2) is 5.07. The highest BCUT2D eigenvalue weighted by Gasteiger charge is 2.05. The van der Waals surface area contributed by atoms with Crippen LogP contribution < -0.4 is 5.32 Å². The van der Waals surface area contributed by atoms with E-state index in [4.69, 9.17) is 0 Å². The number of aromatic nitrogens is 2. The molecule has 2 aromatic heterocycles. The van der Waals surface area contributed by atoms with Gasteiger partial charge in [0.15, 0.2) is 0 Å². The predicted molar refractivity (Wildman–Crippen MR) is 68.2 cm³/mol. The average molecular weight is 278 g/mol. The summed E-state index contributed by atoms with van der Waals surface area (Å²) in [6, 6.07) is 8.06. The van der Waals surface area contributed by atoms with Crippen LogP contribution in [-0.2, 0) is 0 Å². The highest BCUT2D eigenvalue weighted by Crippen LogP contribution is 2.19. The minimum Gasteiger partial charge on any atom is -0.376 e. The minimum absolute atomic E-state index is 0.164. The van der Waals surface area contributed by atoms with Crippen LogP contribution in [0.2, 0.25) is 0 Å². The van der Waals surface area contributed by atoms with Gasteiger partial charge in [-0.05, 0) is 41.1 Å². The maximum Gasteiger partial charge on any atom is 0.0657 e. The van der Waals surface area contributed by atoms with Crippen LogP contribution in [0.15, 0.2) is 47.3 Å². The average Bonchev–Trinajstić information content (AvgIpc) is 2.30. The Morgan fingerprint density at radius 2 is 2.19 bits per heavy atom. The summed E-state index contributed by atoms with van der Waals surface area (Å²) in [7, 11) is 0. The first-order valence-corrected chi connectivity index (χ1v) is 5.83. The minimum atomic E-state index is 0.164. The second-order valence-electron chi connectivity index (χ2n) is 3.51. The van der Waals surface area contributed by atoms with E-state index in [0.717, 1.165) is 15.9 Å². The van der Waals surface area contributed by atoms with Gasteiger partial charge >= 0.3 is 0 Å². The van der Waals surface area contributed by atoms with Gasteiger partial charge in [-0.2, -0.15) is 0 Å². The molecule has 0 aliphatic rings. The molecule has 0 aliphatic carbocycles. The molecule has 0 bridgehead atoms. The number of nitrogens with one attached hydrogen (secondary N) is 1. The second-order valence-corrected chi connectivity index (χ2v) is 4.43. The molecule has 1 N–H and O–H groups in total. The fourth-order valence-corrected chi connectivity index (χ4v) is 1.81. The maximum absolute atomic E-state index is 4.30. The molecule has 3 nitrogen and oxygen atoms in total. The Hall–Kier alpha value is -1.42. The first-order chi connectivity index (χ1) is 7.75. The summed E-state index contributed by atoms with van der Waals surface area (Å²) >= 11 is 3.39. The Bertz CT molecular complexity index is 459. The van der Waals surface area contributed by atoms with E-state index in [1.165, 1.54) is 0 Å². The molecule has 0 spiro atoms. The van der Waals surface area contributed by atoms with Crippen molar-refractivity contribution >= 4 is 21.6 Å². The lowest BCUT2D eigenvalue weighted by molar-refractivity contribution is 0.838. The number of hydrogen-bond acceptors (Lipinski definition) is 3. The summed E-state index contributed by atoms with van der Waals surface area (Å²) in [5, 5.41) is 3.34. The Morgan fingerprint density at radius 1 is 1.31 bits per heavy atom. The van der Waals surface area contributed by atoms with Crippen molar-refractivity contribution in [1.82, 2.24) is 9.97 Å². The smallest absolute Gasteiger partial charge is 0.0657 e. The van der Waals surface area contributed by atoms with Gasteiger partial charge in [-0.3, -0.25) is 9.97 Å². The van der Waals surface area contributed by atoms with Gasteiger partial charge in [0.1, 0.15) is 0 Å². The number of pyridine rings is 2. The molecule has 2 rings (SSSR count). The Labute approximate surface area is 103 Å². The van der Waals surface area contributed by atoms with Gasteiger partial charge in [0.25, 0.3) is 0 Å². The lowest BCUT2D eigenvalue weighted by Gasteiger charge is -2.14. The molecule has 0 saturated heterocycles. The summed E-state index contributed by atoms with van der Waals surface area (Å²) in [4.78, 5) is 8.40. The zero-order chi connectivity index (χ0) is 11.4. The molecule has 0 radical (unpaired) electrons. The van der Waals surface area contributed by atoms with E-state index in [9.17, 15) is 0 Å². The topological polar surface area (TPSA) is 37.8 Å². The standard InChI is InChI=1S/C12H12BrN3/c1-9(12-4-2-3-5-15-12)16-11-6-10(13)7-14-8-11/h2-9,16H,1H3. The Balaban J connectivity index is 2.11. The summed E-state index contributed by atoms with van der Waals surface area (Å²) < 4.78 is 0.964. The van der Waals surface area contributed by atoms with E-state index in [0.29, 0.717) is 0 Å². The van der Waals surface area contributed by atoms with Gasteiger partial charge in [0.05, 0.1) is 23.6 Å². The molecule has 82 valence electrons. The number of halogens is 1. The van der Waals surface area contributed by atoms with Crippen molar-refractivity contribution in [2.24, 2.45) is 0 Å². The SMILES string of the molecule is CC(Nc1cncc(Br)c1)c1ccccn1. The van der Waals surface area contributed by atoms with E-state index < -0.39 is 0 Å². The summed E-state index contributed by atoms with van der Waals surface area (Å²) in [5.74, 6) is 0. The first-order valence-electron chi connectivity index (χ1n) is 5.04. The highest BCUT2D eigenvalue weighted by atomic mass is 79.9. The third kappa shape index (κ3) is 2.79. The number of rotatable bonds is 3. The number of nitrogens with zero attached hydrogens (tertiary/aromatic N) is 2. The van der Waals surface area contributed by atoms with Crippen molar-refractivity contribution in [2.75, 3.05) is 5.32 Å². The summed E-state index contributed by atoms with van der Waals surface area (Å²) in [6.45, 7) is 2.07. The summed E-state index contributed by atoms with van der Waals surface area (Å²) in [5.41, 5.74) is 2.00. The molecule has 0 aromatic carbocycles. The molecular weight excluding hydrogens is 266 g/mol. The molecule has 0 saturated carbocycles. The van der Waals surface area contributed by atoms with Crippen LogP contribution in [0.4, 0.5) is 5.69 Å². The molecule has 2 aromatic rings. The van der Waals surface area contributed by atoms with Crippen molar-refractivity contribution in [3.8, 4) is 0 Å². The van der Waals surface area contributed by atoms with E-state index >= 15 is 0 Å². The van der Waals surface area contributed by atoms with Gasteiger partial charge in [-0.25, -0.2) is 0 Å². The van der Waals surface area contributed by atoms with Crippen LogP contribution in [0.25, 0.3) is 0 Å². The fraction of sp³-hybridized carbons (Fsp3) is 0.167. The van der Waals surface area contributed by atoms with Crippen LogP contribution in [-0.4, -0.2) is 9.97 Å². The molecule has 0 aliphatic heterocycles. The van der Waals surface area contributed by atoms with Crippen molar-refractivity contribution in [3.63, 3.8) is 0 Å². The van der Waals surface area contributed by atoms with Gasteiger partial charge in [0.2, 0.25) is 0 Å². The quantitative estimate of drug-likeness (QED) is 0.934. The van der Waals surface area contributed by atoms with Gasteiger partial charge in [-0.1, -0.05) is 6.07 Å². The van der Waals surface area contributed by atoms with Crippen LogP contribution >= 0.6 is 15.9 Å². The van der Waals surface area contributed by atoms with E-state index in [-0.39, 0.29) is 6.04 Å². The highest BCUT2D eigenvalue weighted by molar-refractivity contribution is 9.10. The predicted octanol–water partition coefficient (Wildman–Crippen LogP) is 3.41. The van der Waals surface area contributed by atoms with Crippen LogP contribution in [0.1, 0.15) is 18.7 Å². The lowest BCUT2D eigenvalue weighted by Crippen LogP contribution is -2.08. The van der Waals surface area contributed by atoms with Crippen molar-refractivity contribution < 1.29 is 0 Å². The molecule has 16 heavy (non-hydrogen) atoms. The van der Waals surface area contributed by atoms with Crippen molar-refractivity contribution in [2.45, 2.75) is 13.0 Å². The van der Waals surface area contributed by atoms with Gasteiger partial charge in [-0.15, -0.1) is 0 Å². The van der Waals surface area contributed by atoms with Crippen LogP contribution in [0.3, 0.4) is 0 Å². The lowest BCUT2D eigenvalue weighted by atomic mass is 10.2. The Kier molecular flexibility index (Phi) is 3.51. The van der Waals surface area contributed by atoms with Gasteiger partial charge in [0, 0.05) is 16.9 Å². The largest absolute Gasteiger partial charge is 0.376 e. The van der Waals surface area contributed by atoms with Crippen LogP contribution in [0.5, 0.6) is 0 Å².